The number of esters is 1. The molecule has 0 aromatic heterocycles. The molecule has 0 saturated heterocycles. The monoisotopic (exact) mass is 531 g/mol. The molecule has 0 aliphatic carbocycles. The average molecular weight is 532 g/mol. The van der Waals surface area contributed by atoms with Gasteiger partial charge in [-0.3, -0.25) is 4.79 Å². The molecule has 0 aliphatic heterocycles. The number of carbonyl (C=O) groups excluding carboxylic acids is 2. The molecule has 0 saturated carbocycles. The van der Waals surface area contributed by atoms with Crippen LogP contribution in [-0.2, 0) is 19.0 Å². The molecule has 5 nitrogen and oxygen atoms in total. The van der Waals surface area contributed by atoms with Crippen LogP contribution in [0.5, 0.6) is 0 Å². The van der Waals surface area contributed by atoms with Gasteiger partial charge in [0.05, 0.1) is 24.3 Å². The Balaban J connectivity index is 1.82. The number of rotatable bonds is 11. The number of methoxy groups -OCH3 is 1. The van der Waals surface area contributed by atoms with Crippen LogP contribution in [-0.4, -0.2) is 36.6 Å². The molecule has 0 fully saturated rings. The summed E-state index contributed by atoms with van der Waals surface area (Å²) in [5.41, 5.74) is 3.00. The minimum absolute atomic E-state index is 0.0291. The summed E-state index contributed by atoms with van der Waals surface area (Å²) in [6.07, 6.45) is 4.05. The van der Waals surface area contributed by atoms with Gasteiger partial charge in [-0.15, -0.1) is 11.8 Å². The van der Waals surface area contributed by atoms with E-state index in [1.807, 2.05) is 42.1 Å². The first-order valence-corrected chi connectivity index (χ1v) is 13.8. The van der Waals surface area contributed by atoms with Crippen LogP contribution in [0.25, 0.3) is 0 Å². The van der Waals surface area contributed by atoms with Crippen LogP contribution >= 0.6 is 11.8 Å². The zero-order valence-corrected chi connectivity index (χ0v) is 23.4. The molecule has 0 spiro atoms. The van der Waals surface area contributed by atoms with Crippen LogP contribution in [0, 0.1) is 0 Å². The second-order valence-electron chi connectivity index (χ2n) is 9.88. The Morgan fingerprint density at radius 3 is 1.74 bits per heavy atom. The molecule has 3 aromatic carbocycles. The fourth-order valence-corrected chi connectivity index (χ4v) is 5.67. The number of ether oxygens (including phenoxy) is 2. The molecule has 200 valence electrons. The summed E-state index contributed by atoms with van der Waals surface area (Å²) in [5.74, 6) is 0.411. The van der Waals surface area contributed by atoms with Crippen molar-refractivity contribution < 1.29 is 19.1 Å². The largest absolute Gasteiger partial charge is 0.469 e. The standard InChI is InChI=1S/C32H37NO4S/c1-31(2,3)37-30(35)33-28(24-29(34)36-4)22-14-15-23-38-32(25-16-8-5-9-17-25,26-18-10-6-11-19-26)27-20-12-7-13-21-27/h5-14,16-22,28H,15,23-24H2,1-4H3,(H,33,35)/b22-14+. The van der Waals surface area contributed by atoms with Crippen LogP contribution in [0.4, 0.5) is 4.79 Å². The summed E-state index contributed by atoms with van der Waals surface area (Å²) >= 11 is 1.87. The maximum Gasteiger partial charge on any atom is 0.408 e. The fourth-order valence-electron chi connectivity index (χ4n) is 4.20. The Hall–Kier alpha value is -3.51. The predicted molar refractivity (Wildman–Crippen MR) is 155 cm³/mol. The van der Waals surface area contributed by atoms with Gasteiger partial charge in [-0.2, -0.15) is 0 Å². The van der Waals surface area contributed by atoms with Gasteiger partial charge in [0.2, 0.25) is 0 Å². The van der Waals surface area contributed by atoms with Gasteiger partial charge in [-0.25, -0.2) is 4.79 Å². The van der Waals surface area contributed by atoms with Crippen LogP contribution in [0.1, 0.15) is 50.3 Å². The summed E-state index contributed by atoms with van der Waals surface area (Å²) in [6, 6.07) is 31.2. The second kappa shape index (κ2) is 13.9. The first kappa shape index (κ1) is 29.1. The number of amides is 1. The molecule has 1 atom stereocenters. The SMILES string of the molecule is COC(=O)CC(/C=C/CCSC(c1ccccc1)(c1ccccc1)c1ccccc1)NC(=O)OC(C)(C)C. The van der Waals surface area contributed by atoms with E-state index in [1.54, 1.807) is 20.8 Å². The Bertz CT molecular complexity index is 1080. The summed E-state index contributed by atoms with van der Waals surface area (Å²) in [5, 5.41) is 2.77. The van der Waals surface area contributed by atoms with Crippen LogP contribution < -0.4 is 5.32 Å². The Morgan fingerprint density at radius 2 is 1.32 bits per heavy atom. The molecule has 3 aromatic rings. The number of hydrogen-bond acceptors (Lipinski definition) is 5. The zero-order chi connectivity index (χ0) is 27.4. The summed E-state index contributed by atoms with van der Waals surface area (Å²) in [6.45, 7) is 5.40. The summed E-state index contributed by atoms with van der Waals surface area (Å²) < 4.78 is 9.78. The first-order chi connectivity index (χ1) is 18.2. The Labute approximate surface area is 230 Å². The minimum atomic E-state index is -0.629. The van der Waals surface area contributed by atoms with E-state index in [2.05, 4.69) is 78.1 Å². The van der Waals surface area contributed by atoms with Crippen molar-refractivity contribution in [3.63, 3.8) is 0 Å². The quantitative estimate of drug-likeness (QED) is 0.124. The number of benzene rings is 3. The lowest BCUT2D eigenvalue weighted by Gasteiger charge is -2.35. The summed E-state index contributed by atoms with van der Waals surface area (Å²) in [4.78, 5) is 24.2. The smallest absolute Gasteiger partial charge is 0.408 e. The van der Waals surface area contributed by atoms with Gasteiger partial charge >= 0.3 is 12.1 Å². The van der Waals surface area contributed by atoms with E-state index in [1.165, 1.54) is 23.8 Å². The molecule has 1 amide bonds. The highest BCUT2D eigenvalue weighted by Gasteiger charge is 2.36. The third kappa shape index (κ3) is 8.25. The fraction of sp³-hybridized carbons (Fsp3) is 0.312. The van der Waals surface area contributed by atoms with Crippen molar-refractivity contribution in [1.82, 2.24) is 5.32 Å². The normalized spacial score (nSPS) is 12.6. The minimum Gasteiger partial charge on any atom is -0.469 e. The zero-order valence-electron chi connectivity index (χ0n) is 22.6. The van der Waals surface area contributed by atoms with Gasteiger partial charge in [-0.1, -0.05) is 103 Å². The van der Waals surface area contributed by atoms with Crippen molar-refractivity contribution in [2.45, 2.75) is 50.0 Å². The van der Waals surface area contributed by atoms with Crippen molar-refractivity contribution in [2.24, 2.45) is 0 Å². The number of hydrogen-bond donors (Lipinski definition) is 1. The van der Waals surface area contributed by atoms with Crippen molar-refractivity contribution >= 4 is 23.8 Å². The Morgan fingerprint density at radius 1 is 0.842 bits per heavy atom. The molecule has 1 N–H and O–H groups in total. The molecule has 0 aliphatic rings. The van der Waals surface area contributed by atoms with Crippen molar-refractivity contribution in [3.05, 3.63) is 120 Å². The van der Waals surface area contributed by atoms with E-state index in [-0.39, 0.29) is 6.42 Å². The molecule has 0 heterocycles. The number of nitrogens with one attached hydrogen (secondary N) is 1. The highest BCUT2D eigenvalue weighted by molar-refractivity contribution is 8.00. The first-order valence-electron chi connectivity index (χ1n) is 12.8. The molecule has 3 rings (SSSR count). The lowest BCUT2D eigenvalue weighted by molar-refractivity contribution is -0.140. The second-order valence-corrected chi connectivity index (χ2v) is 11.2. The van der Waals surface area contributed by atoms with E-state index < -0.39 is 28.5 Å². The molecule has 0 bridgehead atoms. The van der Waals surface area contributed by atoms with E-state index in [9.17, 15) is 9.59 Å². The molecule has 38 heavy (non-hydrogen) atoms. The average Bonchev–Trinajstić information content (AvgIpc) is 2.91. The lowest BCUT2D eigenvalue weighted by atomic mass is 9.84. The molecule has 1 unspecified atom stereocenters. The van der Waals surface area contributed by atoms with Crippen LogP contribution in [0.2, 0.25) is 0 Å². The third-order valence-electron chi connectivity index (χ3n) is 5.83. The maximum absolute atomic E-state index is 12.3. The Kier molecular flexibility index (Phi) is 10.6. The van der Waals surface area contributed by atoms with E-state index in [0.717, 1.165) is 12.2 Å². The molecular weight excluding hydrogens is 494 g/mol. The number of alkyl carbamates (subject to hydrolysis) is 1. The van der Waals surface area contributed by atoms with Crippen LogP contribution in [0.15, 0.2) is 103 Å². The topological polar surface area (TPSA) is 64.6 Å². The van der Waals surface area contributed by atoms with Gasteiger partial charge in [0.25, 0.3) is 0 Å². The highest BCUT2D eigenvalue weighted by atomic mass is 32.2. The number of thioether (sulfide) groups is 1. The number of allylic oxidation sites excluding steroid dienone is 1. The van der Waals surface area contributed by atoms with Crippen molar-refractivity contribution in [2.75, 3.05) is 12.9 Å². The predicted octanol–water partition coefficient (Wildman–Crippen LogP) is 7.11. The number of carbonyl (C=O) groups is 2. The highest BCUT2D eigenvalue weighted by Crippen LogP contribution is 2.48. The molecular formula is C32H37NO4S. The van der Waals surface area contributed by atoms with Gasteiger partial charge in [0, 0.05) is 0 Å². The van der Waals surface area contributed by atoms with E-state index in [4.69, 9.17) is 9.47 Å². The van der Waals surface area contributed by atoms with Gasteiger partial charge in [0.1, 0.15) is 5.60 Å². The third-order valence-corrected chi connectivity index (χ3v) is 7.41. The van der Waals surface area contributed by atoms with Gasteiger partial charge in [-0.05, 0) is 49.6 Å². The maximum atomic E-state index is 12.3. The van der Waals surface area contributed by atoms with Crippen molar-refractivity contribution in [1.29, 1.82) is 0 Å². The lowest BCUT2D eigenvalue weighted by Crippen LogP contribution is -2.39. The van der Waals surface area contributed by atoms with Gasteiger partial charge < -0.3 is 14.8 Å². The molecule has 6 heteroatoms. The van der Waals surface area contributed by atoms with Crippen molar-refractivity contribution in [3.8, 4) is 0 Å². The van der Waals surface area contributed by atoms with E-state index in [0.29, 0.717) is 0 Å². The van der Waals surface area contributed by atoms with E-state index >= 15 is 0 Å². The molecule has 0 radical (unpaired) electrons. The van der Waals surface area contributed by atoms with Crippen LogP contribution in [0.3, 0.4) is 0 Å². The van der Waals surface area contributed by atoms with Gasteiger partial charge in [0.15, 0.2) is 0 Å². The summed E-state index contributed by atoms with van der Waals surface area (Å²) in [7, 11) is 1.34.